The molecule has 256 valence electrons. The Bertz CT molecular complexity index is 728. The molecule has 2 unspecified atom stereocenters. The number of carbonyl (C=O) groups excluding carboxylic acids is 2. The van der Waals surface area contributed by atoms with Gasteiger partial charge in [0.05, 0.1) is 27.7 Å². The number of hydrogen-bond acceptors (Lipinski definition) is 7. The van der Waals surface area contributed by atoms with Crippen LogP contribution in [0.15, 0.2) is 0 Å². The molecule has 0 saturated carbocycles. The van der Waals surface area contributed by atoms with Gasteiger partial charge in [0.25, 0.3) is 0 Å². The van der Waals surface area contributed by atoms with Crippen molar-refractivity contribution in [2.75, 3.05) is 47.5 Å². The third kappa shape index (κ3) is 30.8. The van der Waals surface area contributed by atoms with Crippen molar-refractivity contribution in [3.05, 3.63) is 0 Å². The van der Waals surface area contributed by atoms with Crippen LogP contribution in [0.5, 0.6) is 0 Å². The van der Waals surface area contributed by atoms with E-state index < -0.39 is 26.5 Å². The van der Waals surface area contributed by atoms with E-state index in [9.17, 15) is 19.0 Å². The molecule has 0 aromatic rings. The zero-order valence-corrected chi connectivity index (χ0v) is 29.3. The molecule has 0 radical (unpaired) electrons. The Labute approximate surface area is 264 Å². The Morgan fingerprint density at radius 2 is 1.05 bits per heavy atom. The second-order valence-corrected chi connectivity index (χ2v) is 14.4. The van der Waals surface area contributed by atoms with Crippen LogP contribution in [0, 0.1) is 0 Å². The Balaban J connectivity index is 4.42. The Kier molecular flexibility index (Phi) is 26.7. The predicted molar refractivity (Wildman–Crippen MR) is 174 cm³/mol. The number of carbonyl (C=O) groups is 2. The minimum Gasteiger partial charge on any atom is -0.462 e. The number of esters is 2. The van der Waals surface area contributed by atoms with Crippen molar-refractivity contribution in [3.8, 4) is 0 Å². The maximum absolute atomic E-state index is 12.5. The fourth-order valence-corrected chi connectivity index (χ4v) is 5.34. The van der Waals surface area contributed by atoms with Crippen molar-refractivity contribution in [2.45, 2.75) is 155 Å². The van der Waals surface area contributed by atoms with Crippen LogP contribution in [0.1, 0.15) is 149 Å². The average Bonchev–Trinajstić information content (AvgIpc) is 2.93. The van der Waals surface area contributed by atoms with Crippen molar-refractivity contribution in [1.82, 2.24) is 0 Å². The number of phosphoric acid groups is 1. The van der Waals surface area contributed by atoms with Crippen LogP contribution >= 0.6 is 7.82 Å². The number of phosphoric ester groups is 1. The maximum atomic E-state index is 12.5. The molecule has 1 N–H and O–H groups in total. The number of ether oxygens (including phenoxy) is 2. The maximum Gasteiger partial charge on any atom is 0.472 e. The predicted octanol–water partition coefficient (Wildman–Crippen LogP) is 8.51. The van der Waals surface area contributed by atoms with E-state index in [1.54, 1.807) is 0 Å². The first-order valence-corrected chi connectivity index (χ1v) is 18.8. The lowest BCUT2D eigenvalue weighted by Gasteiger charge is -2.24. The Hall–Kier alpha value is -0.990. The summed E-state index contributed by atoms with van der Waals surface area (Å²) in [5.74, 6) is -0.801. The SMILES string of the molecule is CCCCCCCCCCCCCCC(=O)OCC(COP(=O)(O)OCC[N+](C)(C)C)OC(=O)CCCCCCCCC. The van der Waals surface area contributed by atoms with Gasteiger partial charge in [-0.3, -0.25) is 18.6 Å². The lowest BCUT2D eigenvalue weighted by Crippen LogP contribution is -2.37. The van der Waals surface area contributed by atoms with Gasteiger partial charge in [0.15, 0.2) is 6.10 Å². The van der Waals surface area contributed by atoms with Gasteiger partial charge in [-0.25, -0.2) is 4.57 Å². The van der Waals surface area contributed by atoms with Crippen LogP contribution in [0.4, 0.5) is 0 Å². The smallest absolute Gasteiger partial charge is 0.462 e. The molecule has 0 aromatic heterocycles. The fourth-order valence-electron chi connectivity index (χ4n) is 4.60. The highest BCUT2D eigenvalue weighted by atomic mass is 31.2. The molecule has 0 saturated heterocycles. The number of rotatable bonds is 31. The number of unbranched alkanes of at least 4 members (excludes halogenated alkanes) is 17. The van der Waals surface area contributed by atoms with Gasteiger partial charge in [-0.15, -0.1) is 0 Å². The summed E-state index contributed by atoms with van der Waals surface area (Å²) in [6, 6.07) is 0. The number of likely N-dealkylation sites (N-methyl/N-ethyl adjacent to an activating group) is 1. The number of nitrogens with zero attached hydrogens (tertiary/aromatic N) is 1. The second kappa shape index (κ2) is 27.3. The molecule has 0 aliphatic carbocycles. The van der Waals surface area contributed by atoms with Gasteiger partial charge < -0.3 is 18.9 Å². The summed E-state index contributed by atoms with van der Waals surface area (Å²) < 4.78 is 33.9. The first-order valence-electron chi connectivity index (χ1n) is 17.3. The summed E-state index contributed by atoms with van der Waals surface area (Å²) in [6.07, 6.45) is 21.7. The summed E-state index contributed by atoms with van der Waals surface area (Å²) in [7, 11) is 1.48. The minimum absolute atomic E-state index is 0.0357. The van der Waals surface area contributed by atoms with Crippen molar-refractivity contribution in [3.63, 3.8) is 0 Å². The molecule has 9 nitrogen and oxygen atoms in total. The van der Waals surface area contributed by atoms with E-state index in [1.165, 1.54) is 77.0 Å². The van der Waals surface area contributed by atoms with Gasteiger partial charge in [0.2, 0.25) is 0 Å². The summed E-state index contributed by atoms with van der Waals surface area (Å²) in [6.45, 7) is 4.35. The topological polar surface area (TPSA) is 108 Å². The molecule has 0 aromatic carbocycles. The Morgan fingerprint density at radius 1 is 0.628 bits per heavy atom. The zero-order chi connectivity index (χ0) is 32.2. The van der Waals surface area contributed by atoms with E-state index in [1.807, 2.05) is 21.1 Å². The van der Waals surface area contributed by atoms with Crippen LogP contribution in [0.3, 0.4) is 0 Å². The van der Waals surface area contributed by atoms with Crippen LogP contribution in [0.2, 0.25) is 0 Å². The van der Waals surface area contributed by atoms with Gasteiger partial charge in [0, 0.05) is 12.8 Å². The molecule has 0 amide bonds. The molecule has 0 fully saturated rings. The second-order valence-electron chi connectivity index (χ2n) is 12.9. The van der Waals surface area contributed by atoms with Crippen LogP contribution in [-0.4, -0.2) is 74.9 Å². The largest absolute Gasteiger partial charge is 0.472 e. The molecule has 0 aliphatic rings. The minimum atomic E-state index is -4.35. The molecule has 0 heterocycles. The highest BCUT2D eigenvalue weighted by molar-refractivity contribution is 7.47. The zero-order valence-electron chi connectivity index (χ0n) is 28.5. The highest BCUT2D eigenvalue weighted by Crippen LogP contribution is 2.43. The number of hydrogen-bond donors (Lipinski definition) is 1. The average molecular weight is 637 g/mol. The normalized spacial score (nSPS) is 13.9. The molecular weight excluding hydrogens is 569 g/mol. The molecular formula is C33H67NO8P+. The van der Waals surface area contributed by atoms with Gasteiger partial charge in [-0.2, -0.15) is 0 Å². The van der Waals surface area contributed by atoms with Crippen LogP contribution in [0.25, 0.3) is 0 Å². The van der Waals surface area contributed by atoms with Gasteiger partial charge in [-0.1, -0.05) is 123 Å². The monoisotopic (exact) mass is 636 g/mol. The van der Waals surface area contributed by atoms with Crippen LogP contribution < -0.4 is 0 Å². The summed E-state index contributed by atoms with van der Waals surface area (Å²) >= 11 is 0. The van der Waals surface area contributed by atoms with Crippen molar-refractivity contribution >= 4 is 19.8 Å². The fraction of sp³-hybridized carbons (Fsp3) is 0.939. The molecule has 0 bridgehead atoms. The molecule has 10 heteroatoms. The quantitative estimate of drug-likeness (QED) is 0.0349. The van der Waals surface area contributed by atoms with E-state index in [4.69, 9.17) is 18.5 Å². The molecule has 2 atom stereocenters. The van der Waals surface area contributed by atoms with Crippen molar-refractivity contribution in [2.24, 2.45) is 0 Å². The van der Waals surface area contributed by atoms with Crippen molar-refractivity contribution < 1.29 is 42.1 Å². The van der Waals surface area contributed by atoms with E-state index in [0.29, 0.717) is 23.9 Å². The molecule has 0 spiro atoms. The third-order valence-corrected chi connectivity index (χ3v) is 8.37. The lowest BCUT2D eigenvalue weighted by molar-refractivity contribution is -0.870. The Morgan fingerprint density at radius 3 is 1.49 bits per heavy atom. The first kappa shape index (κ1) is 42.0. The standard InChI is InChI=1S/C33H66NO8P/c1-6-8-10-12-14-15-16-17-18-20-21-23-25-32(35)39-29-31(30-41-43(37,38)40-28-27-34(3,4)5)42-33(36)26-24-22-19-13-11-9-7-2/h31H,6-30H2,1-5H3/p+1. The van der Waals surface area contributed by atoms with Gasteiger partial charge >= 0.3 is 19.8 Å². The van der Waals surface area contributed by atoms with Gasteiger partial charge in [-0.05, 0) is 12.8 Å². The highest BCUT2D eigenvalue weighted by Gasteiger charge is 2.27. The van der Waals surface area contributed by atoms with E-state index in [0.717, 1.165) is 38.5 Å². The van der Waals surface area contributed by atoms with E-state index in [-0.39, 0.29) is 25.6 Å². The van der Waals surface area contributed by atoms with Crippen molar-refractivity contribution in [1.29, 1.82) is 0 Å². The summed E-state index contributed by atoms with van der Waals surface area (Å²) in [4.78, 5) is 34.9. The summed E-state index contributed by atoms with van der Waals surface area (Å²) in [5.41, 5.74) is 0. The van der Waals surface area contributed by atoms with E-state index >= 15 is 0 Å². The first-order chi connectivity index (χ1) is 20.5. The van der Waals surface area contributed by atoms with Crippen LogP contribution in [-0.2, 0) is 32.7 Å². The number of quaternary nitrogens is 1. The molecule has 0 aliphatic heterocycles. The lowest BCUT2D eigenvalue weighted by atomic mass is 10.0. The van der Waals surface area contributed by atoms with Gasteiger partial charge in [0.1, 0.15) is 19.8 Å². The summed E-state index contributed by atoms with van der Waals surface area (Å²) in [5, 5.41) is 0. The van der Waals surface area contributed by atoms with E-state index in [2.05, 4.69) is 13.8 Å². The molecule has 0 rings (SSSR count). The molecule has 43 heavy (non-hydrogen) atoms. The third-order valence-electron chi connectivity index (χ3n) is 7.39.